The summed E-state index contributed by atoms with van der Waals surface area (Å²) in [5, 5.41) is 4.98. The van der Waals surface area contributed by atoms with Gasteiger partial charge in [-0.3, -0.25) is 4.79 Å². The van der Waals surface area contributed by atoms with Crippen molar-refractivity contribution in [3.8, 4) is 0 Å². The van der Waals surface area contributed by atoms with Crippen LogP contribution in [0, 0.1) is 6.92 Å². The fourth-order valence-corrected chi connectivity index (χ4v) is 2.09. The normalized spacial score (nSPS) is 10.6. The molecule has 0 saturated carbocycles. The zero-order valence-corrected chi connectivity index (χ0v) is 10.3. The summed E-state index contributed by atoms with van der Waals surface area (Å²) in [7, 11) is 0. The smallest absolute Gasteiger partial charge is 0.197 e. The van der Waals surface area contributed by atoms with Gasteiger partial charge in [0.15, 0.2) is 5.78 Å². The predicted octanol–water partition coefficient (Wildman–Crippen LogP) is 3.87. The summed E-state index contributed by atoms with van der Waals surface area (Å²) < 4.78 is 0. The van der Waals surface area contributed by atoms with Gasteiger partial charge in [0.05, 0.1) is 4.88 Å². The Morgan fingerprint density at radius 2 is 2.18 bits per heavy atom. The maximum absolute atomic E-state index is 11.6. The van der Waals surface area contributed by atoms with Crippen LogP contribution in [0.1, 0.15) is 15.2 Å². The molecule has 0 aliphatic carbocycles. The first-order valence-corrected chi connectivity index (χ1v) is 6.21. The Labute approximate surface area is 105 Å². The number of ketones is 1. The van der Waals surface area contributed by atoms with Crippen molar-refractivity contribution < 1.29 is 4.79 Å². The molecule has 0 aliphatic heterocycles. The molecular weight excluding hydrogens is 230 g/mol. The van der Waals surface area contributed by atoms with Gasteiger partial charge >= 0.3 is 0 Å². The topological polar surface area (TPSA) is 29.1 Å². The molecule has 1 heterocycles. The molecule has 3 heteroatoms. The van der Waals surface area contributed by atoms with Gasteiger partial charge in [-0.2, -0.15) is 0 Å². The van der Waals surface area contributed by atoms with E-state index < -0.39 is 0 Å². The summed E-state index contributed by atoms with van der Waals surface area (Å²) >= 11 is 1.45. The molecule has 0 bridgehead atoms. The van der Waals surface area contributed by atoms with Crippen LogP contribution >= 0.6 is 11.3 Å². The third-order valence-corrected chi connectivity index (χ3v) is 3.15. The first kappa shape index (κ1) is 11.6. The second-order valence-electron chi connectivity index (χ2n) is 3.69. The Kier molecular flexibility index (Phi) is 3.73. The van der Waals surface area contributed by atoms with E-state index in [1.54, 1.807) is 12.3 Å². The Morgan fingerprint density at radius 1 is 1.29 bits per heavy atom. The van der Waals surface area contributed by atoms with E-state index in [4.69, 9.17) is 0 Å². The Balaban J connectivity index is 1.96. The van der Waals surface area contributed by atoms with Gasteiger partial charge in [-0.15, -0.1) is 11.3 Å². The minimum atomic E-state index is 0.0279. The number of nitrogens with one attached hydrogen (secondary N) is 1. The molecule has 0 radical (unpaired) electrons. The average molecular weight is 243 g/mol. The molecule has 2 aromatic rings. The number of thiophene rings is 1. The molecule has 0 fully saturated rings. The number of anilines is 1. The lowest BCUT2D eigenvalue weighted by molar-refractivity contribution is 0.105. The number of aryl methyl sites for hydroxylation is 1. The number of hydrogen-bond donors (Lipinski definition) is 1. The van der Waals surface area contributed by atoms with E-state index in [0.29, 0.717) is 0 Å². The molecule has 2 nitrogen and oxygen atoms in total. The van der Waals surface area contributed by atoms with E-state index >= 15 is 0 Å². The third kappa shape index (κ3) is 3.29. The maximum atomic E-state index is 11.6. The lowest BCUT2D eigenvalue weighted by atomic mass is 10.2. The summed E-state index contributed by atoms with van der Waals surface area (Å²) in [6, 6.07) is 11.7. The summed E-state index contributed by atoms with van der Waals surface area (Å²) in [6.07, 6.45) is 3.23. The van der Waals surface area contributed by atoms with Crippen molar-refractivity contribution in [3.63, 3.8) is 0 Å². The minimum Gasteiger partial charge on any atom is -0.362 e. The Hall–Kier alpha value is -1.87. The van der Waals surface area contributed by atoms with Crippen LogP contribution in [0.2, 0.25) is 0 Å². The zero-order chi connectivity index (χ0) is 12.1. The number of hydrogen-bond acceptors (Lipinski definition) is 3. The highest BCUT2D eigenvalue weighted by Crippen LogP contribution is 2.11. The van der Waals surface area contributed by atoms with E-state index in [1.165, 1.54) is 16.9 Å². The van der Waals surface area contributed by atoms with Crippen LogP contribution < -0.4 is 5.32 Å². The molecule has 0 unspecified atom stereocenters. The molecule has 2 rings (SSSR count). The predicted molar refractivity (Wildman–Crippen MR) is 72.6 cm³/mol. The van der Waals surface area contributed by atoms with Gasteiger partial charge in [-0.25, -0.2) is 0 Å². The fraction of sp³-hybridized carbons (Fsp3) is 0.0714. The van der Waals surface area contributed by atoms with Crippen LogP contribution in [-0.2, 0) is 0 Å². The molecule has 86 valence electrons. The SMILES string of the molecule is Cc1cccc(N/C=C\C(=O)c2cccs2)c1. The number of benzene rings is 1. The lowest BCUT2D eigenvalue weighted by Crippen LogP contribution is -1.93. The zero-order valence-electron chi connectivity index (χ0n) is 9.51. The van der Waals surface area contributed by atoms with Crippen molar-refractivity contribution in [2.24, 2.45) is 0 Å². The van der Waals surface area contributed by atoms with Gasteiger partial charge in [0, 0.05) is 18.0 Å². The van der Waals surface area contributed by atoms with Crippen molar-refractivity contribution in [1.29, 1.82) is 0 Å². The van der Waals surface area contributed by atoms with Crippen LogP contribution in [0.3, 0.4) is 0 Å². The molecule has 1 N–H and O–H groups in total. The van der Waals surface area contributed by atoms with Crippen LogP contribution in [-0.4, -0.2) is 5.78 Å². The Morgan fingerprint density at radius 3 is 2.88 bits per heavy atom. The number of carbonyl (C=O) groups is 1. The van der Waals surface area contributed by atoms with Crippen molar-refractivity contribution in [3.05, 3.63) is 64.5 Å². The van der Waals surface area contributed by atoms with Crippen molar-refractivity contribution in [1.82, 2.24) is 0 Å². The number of carbonyl (C=O) groups excluding carboxylic acids is 1. The van der Waals surface area contributed by atoms with Gasteiger partial charge < -0.3 is 5.32 Å². The lowest BCUT2D eigenvalue weighted by Gasteiger charge is -2.00. The molecule has 1 aromatic carbocycles. The highest BCUT2D eigenvalue weighted by molar-refractivity contribution is 7.12. The molecule has 0 amide bonds. The van der Waals surface area contributed by atoms with Crippen LogP contribution in [0.4, 0.5) is 5.69 Å². The van der Waals surface area contributed by atoms with Crippen molar-refractivity contribution in [2.75, 3.05) is 5.32 Å². The molecule has 0 saturated heterocycles. The second kappa shape index (κ2) is 5.46. The highest BCUT2D eigenvalue weighted by atomic mass is 32.1. The molecule has 0 aliphatic rings. The monoisotopic (exact) mass is 243 g/mol. The standard InChI is InChI=1S/C14H13NOS/c1-11-4-2-5-12(10-11)15-8-7-13(16)14-6-3-9-17-14/h2-10,15H,1H3/b8-7-. The van der Waals surface area contributed by atoms with Gasteiger partial charge in [0.25, 0.3) is 0 Å². The second-order valence-corrected chi connectivity index (χ2v) is 4.64. The van der Waals surface area contributed by atoms with E-state index in [9.17, 15) is 4.79 Å². The highest BCUT2D eigenvalue weighted by Gasteiger charge is 2.00. The van der Waals surface area contributed by atoms with Gasteiger partial charge in [0.2, 0.25) is 0 Å². The van der Waals surface area contributed by atoms with E-state index in [-0.39, 0.29) is 5.78 Å². The summed E-state index contributed by atoms with van der Waals surface area (Å²) in [5.41, 5.74) is 2.17. The third-order valence-electron chi connectivity index (χ3n) is 2.27. The van der Waals surface area contributed by atoms with Crippen LogP contribution in [0.15, 0.2) is 54.1 Å². The summed E-state index contributed by atoms with van der Waals surface area (Å²) in [4.78, 5) is 12.4. The average Bonchev–Trinajstić information content (AvgIpc) is 2.82. The quantitative estimate of drug-likeness (QED) is 0.652. The maximum Gasteiger partial charge on any atom is 0.197 e. The molecular formula is C14H13NOS. The van der Waals surface area contributed by atoms with E-state index in [2.05, 4.69) is 5.32 Å². The van der Waals surface area contributed by atoms with Crippen LogP contribution in [0.5, 0.6) is 0 Å². The van der Waals surface area contributed by atoms with Crippen molar-refractivity contribution in [2.45, 2.75) is 6.92 Å². The van der Waals surface area contributed by atoms with Crippen molar-refractivity contribution >= 4 is 22.8 Å². The van der Waals surface area contributed by atoms with Gasteiger partial charge in [-0.05, 0) is 36.1 Å². The number of rotatable bonds is 4. The van der Waals surface area contributed by atoms with Crippen LogP contribution in [0.25, 0.3) is 0 Å². The van der Waals surface area contributed by atoms with Gasteiger partial charge in [0.1, 0.15) is 0 Å². The molecule has 0 atom stereocenters. The fourth-order valence-electron chi connectivity index (χ4n) is 1.45. The van der Waals surface area contributed by atoms with E-state index in [0.717, 1.165) is 10.6 Å². The number of allylic oxidation sites excluding steroid dienone is 1. The van der Waals surface area contributed by atoms with Gasteiger partial charge in [-0.1, -0.05) is 18.2 Å². The summed E-state index contributed by atoms with van der Waals surface area (Å²) in [6.45, 7) is 2.03. The summed E-state index contributed by atoms with van der Waals surface area (Å²) in [5.74, 6) is 0.0279. The van der Waals surface area contributed by atoms with E-state index in [1.807, 2.05) is 48.7 Å². The first-order chi connectivity index (χ1) is 8.25. The first-order valence-electron chi connectivity index (χ1n) is 5.33. The molecule has 1 aromatic heterocycles. The molecule has 0 spiro atoms. The minimum absolute atomic E-state index is 0.0279. The Bertz CT molecular complexity index is 529. The molecule has 17 heavy (non-hydrogen) atoms. The largest absolute Gasteiger partial charge is 0.362 e.